The number of nitrogens with zero attached hydrogens (tertiary/aromatic N) is 1. The first kappa shape index (κ1) is 15.8. The van der Waals surface area contributed by atoms with E-state index in [9.17, 15) is 4.79 Å². The maximum atomic E-state index is 11.9. The van der Waals surface area contributed by atoms with Crippen LogP contribution in [-0.4, -0.2) is 16.5 Å². The summed E-state index contributed by atoms with van der Waals surface area (Å²) in [6.07, 6.45) is 7.90. The first-order valence-corrected chi connectivity index (χ1v) is 7.31. The predicted molar refractivity (Wildman–Crippen MR) is 78.8 cm³/mol. The van der Waals surface area contributed by atoms with Gasteiger partial charge in [-0.15, -0.1) is 0 Å². The highest BCUT2D eigenvalue weighted by Crippen LogP contribution is 2.15. The second kappa shape index (κ2) is 8.00. The smallest absolute Gasteiger partial charge is 0.240 e. The molecular weight excluding hydrogens is 238 g/mol. The Kier molecular flexibility index (Phi) is 6.64. The monoisotopic (exact) mass is 265 g/mol. The van der Waals surface area contributed by atoms with Crippen LogP contribution in [-0.2, 0) is 11.3 Å². The van der Waals surface area contributed by atoms with Crippen LogP contribution in [0.15, 0.2) is 18.5 Å². The molecule has 0 saturated carbocycles. The van der Waals surface area contributed by atoms with Crippen molar-refractivity contribution in [3.05, 3.63) is 24.0 Å². The zero-order valence-corrected chi connectivity index (χ0v) is 12.4. The van der Waals surface area contributed by atoms with Gasteiger partial charge < -0.3 is 15.6 Å². The van der Waals surface area contributed by atoms with E-state index in [1.54, 1.807) is 0 Å². The number of aromatic nitrogens is 1. The molecule has 1 amide bonds. The standard InChI is InChI=1S/C15H27N3O/c1-4-7-14(16)12-8-9-18(10-12)11-15(19)17-13(5-2)6-3/h8-10,13-14H,4-7,11,16H2,1-3H3,(H,17,19). The van der Waals surface area contributed by atoms with Crippen molar-refractivity contribution in [1.82, 2.24) is 9.88 Å². The molecule has 0 saturated heterocycles. The number of carbonyl (C=O) groups excluding carboxylic acids is 1. The largest absolute Gasteiger partial charge is 0.352 e. The van der Waals surface area contributed by atoms with Gasteiger partial charge in [-0.1, -0.05) is 27.2 Å². The molecule has 0 radical (unpaired) electrons. The molecule has 108 valence electrons. The van der Waals surface area contributed by atoms with Crippen molar-refractivity contribution in [3.63, 3.8) is 0 Å². The number of hydrogen-bond acceptors (Lipinski definition) is 2. The molecule has 0 aromatic carbocycles. The number of rotatable bonds is 8. The molecule has 0 spiro atoms. The average Bonchev–Trinajstić information content (AvgIpc) is 2.84. The summed E-state index contributed by atoms with van der Waals surface area (Å²) < 4.78 is 1.91. The van der Waals surface area contributed by atoms with Gasteiger partial charge in [0.05, 0.1) is 0 Å². The molecular formula is C15H27N3O. The highest BCUT2D eigenvalue weighted by molar-refractivity contribution is 5.76. The van der Waals surface area contributed by atoms with E-state index >= 15 is 0 Å². The van der Waals surface area contributed by atoms with Gasteiger partial charge in [-0.05, 0) is 30.9 Å². The first-order chi connectivity index (χ1) is 9.10. The summed E-state index contributed by atoms with van der Waals surface area (Å²) in [6, 6.07) is 2.36. The van der Waals surface area contributed by atoms with Crippen molar-refractivity contribution >= 4 is 5.91 Å². The van der Waals surface area contributed by atoms with Crippen molar-refractivity contribution in [2.45, 2.75) is 65.1 Å². The third kappa shape index (κ3) is 5.07. The fourth-order valence-corrected chi connectivity index (χ4v) is 2.19. The molecule has 1 heterocycles. The molecule has 4 heteroatoms. The van der Waals surface area contributed by atoms with Gasteiger partial charge in [0.1, 0.15) is 6.54 Å². The summed E-state index contributed by atoms with van der Waals surface area (Å²) >= 11 is 0. The van der Waals surface area contributed by atoms with E-state index in [2.05, 4.69) is 26.1 Å². The maximum Gasteiger partial charge on any atom is 0.240 e. The molecule has 1 atom stereocenters. The molecule has 0 bridgehead atoms. The molecule has 1 unspecified atom stereocenters. The van der Waals surface area contributed by atoms with Gasteiger partial charge in [0, 0.05) is 24.5 Å². The molecule has 0 aliphatic rings. The number of carbonyl (C=O) groups is 1. The molecule has 0 fully saturated rings. The Morgan fingerprint density at radius 2 is 2.05 bits per heavy atom. The van der Waals surface area contributed by atoms with Crippen LogP contribution in [0.3, 0.4) is 0 Å². The van der Waals surface area contributed by atoms with E-state index in [1.807, 2.05) is 23.0 Å². The van der Waals surface area contributed by atoms with Gasteiger partial charge in [-0.25, -0.2) is 0 Å². The molecule has 1 aromatic heterocycles. The third-order valence-electron chi connectivity index (χ3n) is 3.48. The minimum Gasteiger partial charge on any atom is -0.352 e. The van der Waals surface area contributed by atoms with E-state index in [1.165, 1.54) is 0 Å². The summed E-state index contributed by atoms with van der Waals surface area (Å²) in [6.45, 7) is 6.67. The fraction of sp³-hybridized carbons (Fsp3) is 0.667. The average molecular weight is 265 g/mol. The molecule has 1 aromatic rings. The third-order valence-corrected chi connectivity index (χ3v) is 3.48. The Labute approximate surface area is 116 Å². The maximum absolute atomic E-state index is 11.9. The van der Waals surface area contributed by atoms with Crippen molar-refractivity contribution in [1.29, 1.82) is 0 Å². The minimum absolute atomic E-state index is 0.0694. The van der Waals surface area contributed by atoms with Gasteiger partial charge >= 0.3 is 0 Å². The van der Waals surface area contributed by atoms with Gasteiger partial charge in [0.2, 0.25) is 5.91 Å². The second-order valence-electron chi connectivity index (χ2n) is 5.09. The SMILES string of the molecule is CCCC(N)c1ccn(CC(=O)NC(CC)CC)c1. The summed E-state index contributed by atoms with van der Waals surface area (Å²) in [4.78, 5) is 11.9. The Balaban J connectivity index is 2.51. The van der Waals surface area contributed by atoms with Crippen LogP contribution in [0.4, 0.5) is 0 Å². The van der Waals surface area contributed by atoms with Crippen LogP contribution in [0.5, 0.6) is 0 Å². The lowest BCUT2D eigenvalue weighted by Gasteiger charge is -2.15. The molecule has 4 nitrogen and oxygen atoms in total. The zero-order valence-electron chi connectivity index (χ0n) is 12.4. The Morgan fingerprint density at radius 1 is 1.37 bits per heavy atom. The van der Waals surface area contributed by atoms with Gasteiger partial charge in [-0.2, -0.15) is 0 Å². The van der Waals surface area contributed by atoms with Crippen LogP contribution in [0.25, 0.3) is 0 Å². The molecule has 3 N–H and O–H groups in total. The van der Waals surface area contributed by atoms with Crippen molar-refractivity contribution in [2.75, 3.05) is 0 Å². The normalized spacial score (nSPS) is 12.7. The van der Waals surface area contributed by atoms with Crippen LogP contribution in [0.1, 0.15) is 58.1 Å². The van der Waals surface area contributed by atoms with Crippen LogP contribution >= 0.6 is 0 Å². The molecule has 0 aliphatic heterocycles. The first-order valence-electron chi connectivity index (χ1n) is 7.31. The Morgan fingerprint density at radius 3 is 2.63 bits per heavy atom. The van der Waals surface area contributed by atoms with E-state index in [4.69, 9.17) is 5.73 Å². The minimum atomic E-state index is 0.0694. The van der Waals surface area contributed by atoms with Gasteiger partial charge in [-0.3, -0.25) is 4.79 Å². The van der Waals surface area contributed by atoms with Gasteiger partial charge in [0.15, 0.2) is 0 Å². The topological polar surface area (TPSA) is 60.0 Å². The van der Waals surface area contributed by atoms with E-state index in [-0.39, 0.29) is 18.0 Å². The van der Waals surface area contributed by atoms with Crippen molar-refractivity contribution in [2.24, 2.45) is 5.73 Å². The predicted octanol–water partition coefficient (Wildman–Crippen LogP) is 2.59. The van der Waals surface area contributed by atoms with E-state index in [0.29, 0.717) is 6.54 Å². The molecule has 0 aliphatic carbocycles. The lowest BCUT2D eigenvalue weighted by molar-refractivity contribution is -0.122. The highest BCUT2D eigenvalue weighted by Gasteiger charge is 2.10. The van der Waals surface area contributed by atoms with Gasteiger partial charge in [0.25, 0.3) is 0 Å². The van der Waals surface area contributed by atoms with Crippen LogP contribution in [0.2, 0.25) is 0 Å². The number of nitrogens with two attached hydrogens (primary N) is 1. The number of amides is 1. The van der Waals surface area contributed by atoms with Crippen molar-refractivity contribution < 1.29 is 4.79 Å². The Bertz CT molecular complexity index is 382. The lowest BCUT2D eigenvalue weighted by Crippen LogP contribution is -2.36. The number of nitrogens with one attached hydrogen (secondary N) is 1. The molecule has 19 heavy (non-hydrogen) atoms. The summed E-state index contributed by atoms with van der Waals surface area (Å²) in [5.74, 6) is 0.0694. The highest BCUT2D eigenvalue weighted by atomic mass is 16.2. The van der Waals surface area contributed by atoms with Crippen LogP contribution in [0, 0.1) is 0 Å². The van der Waals surface area contributed by atoms with Crippen molar-refractivity contribution in [3.8, 4) is 0 Å². The number of hydrogen-bond donors (Lipinski definition) is 2. The Hall–Kier alpha value is -1.29. The zero-order chi connectivity index (χ0) is 14.3. The lowest BCUT2D eigenvalue weighted by atomic mass is 10.1. The van der Waals surface area contributed by atoms with Crippen LogP contribution < -0.4 is 11.1 Å². The van der Waals surface area contributed by atoms with E-state index < -0.39 is 0 Å². The summed E-state index contributed by atoms with van der Waals surface area (Å²) in [5, 5.41) is 3.04. The molecule has 1 rings (SSSR count). The van der Waals surface area contributed by atoms with E-state index in [0.717, 1.165) is 31.2 Å². The quantitative estimate of drug-likeness (QED) is 0.759. The fourth-order valence-electron chi connectivity index (χ4n) is 2.19. The summed E-state index contributed by atoms with van der Waals surface area (Å²) in [5.41, 5.74) is 7.17. The second-order valence-corrected chi connectivity index (χ2v) is 5.09. The summed E-state index contributed by atoms with van der Waals surface area (Å²) in [7, 11) is 0.